The fraction of sp³-hybridized carbons (Fsp3) is 0.176. The van der Waals surface area contributed by atoms with E-state index in [2.05, 4.69) is 20.5 Å². The molecular formula is C17H16N4O2. The van der Waals surface area contributed by atoms with Crippen LogP contribution in [-0.4, -0.2) is 21.1 Å². The topological polar surface area (TPSA) is 80.9 Å². The van der Waals surface area contributed by atoms with Gasteiger partial charge in [-0.2, -0.15) is 0 Å². The van der Waals surface area contributed by atoms with Crippen molar-refractivity contribution in [2.24, 2.45) is 0 Å². The first-order valence-corrected chi connectivity index (χ1v) is 7.31. The van der Waals surface area contributed by atoms with E-state index in [-0.39, 0.29) is 12.3 Å². The van der Waals surface area contributed by atoms with Gasteiger partial charge in [-0.25, -0.2) is 0 Å². The Morgan fingerprint density at radius 3 is 2.74 bits per heavy atom. The fourth-order valence-corrected chi connectivity index (χ4v) is 2.09. The van der Waals surface area contributed by atoms with Crippen molar-refractivity contribution in [2.45, 2.75) is 19.8 Å². The van der Waals surface area contributed by atoms with Gasteiger partial charge in [0.15, 0.2) is 0 Å². The number of aromatic nitrogens is 3. The summed E-state index contributed by atoms with van der Waals surface area (Å²) in [6.45, 7) is 1.95. The molecule has 1 N–H and O–H groups in total. The Labute approximate surface area is 133 Å². The number of aryl methyl sites for hydroxylation is 2. The minimum Gasteiger partial charge on any atom is -0.419 e. The molecule has 0 aliphatic heterocycles. The van der Waals surface area contributed by atoms with Crippen LogP contribution in [0.3, 0.4) is 0 Å². The van der Waals surface area contributed by atoms with Crippen LogP contribution in [0.15, 0.2) is 53.1 Å². The zero-order chi connectivity index (χ0) is 16.1. The number of para-hydroxylation sites is 1. The molecule has 3 aromatic rings. The number of nitrogens with zero attached hydrogens (tertiary/aromatic N) is 3. The summed E-state index contributed by atoms with van der Waals surface area (Å²) in [6, 6.07) is 13.1. The fourth-order valence-electron chi connectivity index (χ4n) is 2.09. The minimum absolute atomic E-state index is 0.0862. The second-order valence-electron chi connectivity index (χ2n) is 5.08. The molecule has 6 heteroatoms. The van der Waals surface area contributed by atoms with Crippen LogP contribution in [0.5, 0.6) is 0 Å². The summed E-state index contributed by atoms with van der Waals surface area (Å²) < 4.78 is 5.53. The van der Waals surface area contributed by atoms with Crippen molar-refractivity contribution in [3.63, 3.8) is 0 Å². The van der Waals surface area contributed by atoms with E-state index < -0.39 is 0 Å². The van der Waals surface area contributed by atoms with Crippen LogP contribution in [0, 0.1) is 6.92 Å². The number of pyridine rings is 1. The number of carbonyl (C=O) groups is 1. The van der Waals surface area contributed by atoms with E-state index in [1.807, 2.05) is 43.3 Å². The largest absolute Gasteiger partial charge is 0.419 e. The highest BCUT2D eigenvalue weighted by Crippen LogP contribution is 2.16. The number of rotatable bonds is 5. The zero-order valence-electron chi connectivity index (χ0n) is 12.7. The molecule has 0 saturated carbocycles. The van der Waals surface area contributed by atoms with Gasteiger partial charge in [-0.1, -0.05) is 24.3 Å². The van der Waals surface area contributed by atoms with Crippen LogP contribution in [0.25, 0.3) is 11.6 Å². The average molecular weight is 308 g/mol. The van der Waals surface area contributed by atoms with E-state index in [0.717, 1.165) is 11.3 Å². The molecule has 1 amide bonds. The van der Waals surface area contributed by atoms with Crippen molar-refractivity contribution in [1.29, 1.82) is 0 Å². The van der Waals surface area contributed by atoms with Gasteiger partial charge < -0.3 is 9.73 Å². The highest BCUT2D eigenvalue weighted by molar-refractivity contribution is 5.91. The van der Waals surface area contributed by atoms with Gasteiger partial charge in [0.05, 0.1) is 0 Å². The Kier molecular flexibility index (Phi) is 4.42. The highest BCUT2D eigenvalue weighted by atomic mass is 16.4. The quantitative estimate of drug-likeness (QED) is 0.783. The number of benzene rings is 1. The summed E-state index contributed by atoms with van der Waals surface area (Å²) in [7, 11) is 0. The molecule has 2 heterocycles. The molecule has 0 atom stereocenters. The van der Waals surface area contributed by atoms with Gasteiger partial charge in [-0.05, 0) is 30.7 Å². The Morgan fingerprint density at radius 1 is 1.13 bits per heavy atom. The second-order valence-corrected chi connectivity index (χ2v) is 5.08. The number of carbonyl (C=O) groups excluding carboxylic acids is 1. The lowest BCUT2D eigenvalue weighted by atomic mass is 10.2. The van der Waals surface area contributed by atoms with Crippen molar-refractivity contribution in [2.75, 3.05) is 5.32 Å². The normalized spacial score (nSPS) is 10.5. The second kappa shape index (κ2) is 6.83. The first-order valence-electron chi connectivity index (χ1n) is 7.31. The van der Waals surface area contributed by atoms with E-state index in [1.54, 1.807) is 12.3 Å². The SMILES string of the molecule is Cc1ccccc1NC(=O)CCc1nnc(-c2ccccn2)o1. The minimum atomic E-state index is -0.0862. The summed E-state index contributed by atoms with van der Waals surface area (Å²) in [5, 5.41) is 10.8. The number of anilines is 1. The van der Waals surface area contributed by atoms with E-state index in [1.165, 1.54) is 0 Å². The van der Waals surface area contributed by atoms with Crippen LogP contribution in [0.1, 0.15) is 17.9 Å². The lowest BCUT2D eigenvalue weighted by Crippen LogP contribution is -2.13. The number of amides is 1. The maximum absolute atomic E-state index is 12.0. The van der Waals surface area contributed by atoms with Gasteiger partial charge in [0.2, 0.25) is 11.8 Å². The third-order valence-corrected chi connectivity index (χ3v) is 3.34. The predicted octanol–water partition coefficient (Wildman–Crippen LogP) is 3.01. The Bertz CT molecular complexity index is 799. The molecule has 116 valence electrons. The molecule has 6 nitrogen and oxygen atoms in total. The van der Waals surface area contributed by atoms with E-state index in [9.17, 15) is 4.79 Å². The van der Waals surface area contributed by atoms with Crippen LogP contribution in [-0.2, 0) is 11.2 Å². The molecule has 0 bridgehead atoms. The van der Waals surface area contributed by atoms with Crippen molar-refractivity contribution in [3.05, 3.63) is 60.1 Å². The molecule has 0 saturated heterocycles. The van der Waals surface area contributed by atoms with Crippen LogP contribution >= 0.6 is 0 Å². The summed E-state index contributed by atoms with van der Waals surface area (Å²) >= 11 is 0. The smallest absolute Gasteiger partial charge is 0.266 e. The number of hydrogen-bond donors (Lipinski definition) is 1. The molecule has 3 rings (SSSR count). The predicted molar refractivity (Wildman–Crippen MR) is 85.7 cm³/mol. The Morgan fingerprint density at radius 2 is 1.96 bits per heavy atom. The van der Waals surface area contributed by atoms with Gasteiger partial charge >= 0.3 is 0 Å². The van der Waals surface area contributed by atoms with Crippen molar-refractivity contribution in [1.82, 2.24) is 15.2 Å². The van der Waals surface area contributed by atoms with Gasteiger partial charge in [0.1, 0.15) is 5.69 Å². The van der Waals surface area contributed by atoms with Crippen LogP contribution < -0.4 is 5.32 Å². The first-order chi connectivity index (χ1) is 11.2. The van der Waals surface area contributed by atoms with E-state index in [4.69, 9.17) is 4.42 Å². The van der Waals surface area contributed by atoms with Gasteiger partial charge in [-0.15, -0.1) is 10.2 Å². The standard InChI is InChI=1S/C17H16N4O2/c1-12-6-2-3-7-13(12)19-15(22)9-10-16-20-21-17(23-16)14-8-4-5-11-18-14/h2-8,11H,9-10H2,1H3,(H,19,22). The van der Waals surface area contributed by atoms with E-state index >= 15 is 0 Å². The van der Waals surface area contributed by atoms with Crippen LogP contribution in [0.2, 0.25) is 0 Å². The molecule has 0 unspecified atom stereocenters. The number of nitrogens with one attached hydrogen (secondary N) is 1. The summed E-state index contributed by atoms with van der Waals surface area (Å²) in [4.78, 5) is 16.1. The molecule has 0 spiro atoms. The molecule has 0 fully saturated rings. The van der Waals surface area contributed by atoms with Crippen molar-refractivity contribution in [3.8, 4) is 11.6 Å². The first kappa shape index (κ1) is 14.9. The molecule has 0 aliphatic rings. The number of hydrogen-bond acceptors (Lipinski definition) is 5. The Hall–Kier alpha value is -3.02. The lowest BCUT2D eigenvalue weighted by molar-refractivity contribution is -0.116. The Balaban J connectivity index is 1.58. The van der Waals surface area contributed by atoms with Gasteiger partial charge in [-0.3, -0.25) is 9.78 Å². The summed E-state index contributed by atoms with van der Waals surface area (Å²) in [5.41, 5.74) is 2.46. The monoisotopic (exact) mass is 308 g/mol. The van der Waals surface area contributed by atoms with Crippen molar-refractivity contribution < 1.29 is 9.21 Å². The third kappa shape index (κ3) is 3.79. The van der Waals surface area contributed by atoms with Gasteiger partial charge in [0, 0.05) is 24.7 Å². The molecule has 23 heavy (non-hydrogen) atoms. The van der Waals surface area contributed by atoms with Crippen LogP contribution in [0.4, 0.5) is 5.69 Å². The molecule has 0 radical (unpaired) electrons. The zero-order valence-corrected chi connectivity index (χ0v) is 12.7. The van der Waals surface area contributed by atoms with E-state index in [0.29, 0.717) is 23.9 Å². The third-order valence-electron chi connectivity index (χ3n) is 3.34. The van der Waals surface area contributed by atoms with Crippen molar-refractivity contribution >= 4 is 11.6 Å². The highest BCUT2D eigenvalue weighted by Gasteiger charge is 2.11. The summed E-state index contributed by atoms with van der Waals surface area (Å²) in [6.07, 6.45) is 2.32. The molecule has 1 aromatic carbocycles. The lowest BCUT2D eigenvalue weighted by Gasteiger charge is -2.06. The maximum Gasteiger partial charge on any atom is 0.266 e. The molecule has 2 aromatic heterocycles. The van der Waals surface area contributed by atoms with Gasteiger partial charge in [0.25, 0.3) is 5.89 Å². The molecule has 0 aliphatic carbocycles. The maximum atomic E-state index is 12.0. The average Bonchev–Trinajstić information content (AvgIpc) is 3.05. The molecular weight excluding hydrogens is 292 g/mol. The summed E-state index contributed by atoms with van der Waals surface area (Å²) in [5.74, 6) is 0.697.